The SMILES string of the molecule is CCNC(=O)C(C)NC(=O)c1ccccc1Nc1ccc(F)cc1. The van der Waals surface area contributed by atoms with Crippen LogP contribution in [0.15, 0.2) is 48.5 Å². The molecule has 0 aliphatic rings. The molecule has 0 fully saturated rings. The molecule has 2 rings (SSSR count). The highest BCUT2D eigenvalue weighted by atomic mass is 19.1. The second-order valence-corrected chi connectivity index (χ2v) is 5.27. The van der Waals surface area contributed by atoms with Crippen LogP contribution in [0.1, 0.15) is 24.2 Å². The van der Waals surface area contributed by atoms with Crippen LogP contribution in [0.3, 0.4) is 0 Å². The lowest BCUT2D eigenvalue weighted by Crippen LogP contribution is -2.44. The smallest absolute Gasteiger partial charge is 0.254 e. The third kappa shape index (κ3) is 4.55. The number of hydrogen-bond acceptors (Lipinski definition) is 3. The van der Waals surface area contributed by atoms with Gasteiger partial charge in [0.15, 0.2) is 0 Å². The standard InChI is InChI=1S/C18H20FN3O2/c1-3-20-17(23)12(2)21-18(24)15-6-4-5-7-16(15)22-14-10-8-13(19)9-11-14/h4-12,22H,3H2,1-2H3,(H,20,23)(H,21,24). The highest BCUT2D eigenvalue weighted by Gasteiger charge is 2.18. The van der Waals surface area contributed by atoms with Gasteiger partial charge in [0.25, 0.3) is 5.91 Å². The maximum atomic E-state index is 13.0. The van der Waals surface area contributed by atoms with E-state index >= 15 is 0 Å². The summed E-state index contributed by atoms with van der Waals surface area (Å²) in [4.78, 5) is 24.2. The summed E-state index contributed by atoms with van der Waals surface area (Å²) >= 11 is 0. The Hall–Kier alpha value is -2.89. The lowest BCUT2D eigenvalue weighted by atomic mass is 10.1. The van der Waals surface area contributed by atoms with Gasteiger partial charge in [-0.25, -0.2) is 4.39 Å². The second-order valence-electron chi connectivity index (χ2n) is 5.27. The molecule has 0 aliphatic heterocycles. The van der Waals surface area contributed by atoms with Crippen molar-refractivity contribution in [1.29, 1.82) is 0 Å². The summed E-state index contributed by atoms with van der Waals surface area (Å²) in [6.45, 7) is 3.94. The van der Waals surface area contributed by atoms with Crippen molar-refractivity contribution >= 4 is 23.2 Å². The molecule has 0 aliphatic carbocycles. The molecule has 1 unspecified atom stereocenters. The van der Waals surface area contributed by atoms with Crippen LogP contribution in [0.4, 0.5) is 15.8 Å². The Labute approximate surface area is 140 Å². The van der Waals surface area contributed by atoms with E-state index in [0.717, 1.165) is 0 Å². The predicted octanol–water partition coefficient (Wildman–Crippen LogP) is 2.82. The van der Waals surface area contributed by atoms with E-state index in [1.165, 1.54) is 12.1 Å². The van der Waals surface area contributed by atoms with Gasteiger partial charge >= 0.3 is 0 Å². The number of carbonyl (C=O) groups is 2. The van der Waals surface area contributed by atoms with E-state index in [1.807, 2.05) is 6.92 Å². The zero-order chi connectivity index (χ0) is 17.5. The fourth-order valence-corrected chi connectivity index (χ4v) is 2.15. The van der Waals surface area contributed by atoms with Crippen LogP contribution in [-0.2, 0) is 4.79 Å². The van der Waals surface area contributed by atoms with Crippen LogP contribution in [0, 0.1) is 5.82 Å². The molecule has 5 nitrogen and oxygen atoms in total. The quantitative estimate of drug-likeness (QED) is 0.763. The van der Waals surface area contributed by atoms with Gasteiger partial charge < -0.3 is 16.0 Å². The van der Waals surface area contributed by atoms with Crippen molar-refractivity contribution in [2.24, 2.45) is 0 Å². The van der Waals surface area contributed by atoms with Gasteiger partial charge in [-0.15, -0.1) is 0 Å². The Morgan fingerprint density at radius 1 is 1.08 bits per heavy atom. The molecule has 0 saturated heterocycles. The van der Waals surface area contributed by atoms with Crippen molar-refractivity contribution in [3.63, 3.8) is 0 Å². The monoisotopic (exact) mass is 329 g/mol. The molecule has 0 saturated carbocycles. The molecule has 0 bridgehead atoms. The molecular formula is C18H20FN3O2. The zero-order valence-electron chi connectivity index (χ0n) is 13.6. The van der Waals surface area contributed by atoms with Crippen LogP contribution < -0.4 is 16.0 Å². The summed E-state index contributed by atoms with van der Waals surface area (Å²) < 4.78 is 13.0. The average molecular weight is 329 g/mol. The molecule has 3 N–H and O–H groups in total. The van der Waals surface area contributed by atoms with Crippen molar-refractivity contribution in [3.05, 3.63) is 59.9 Å². The number of hydrogen-bond donors (Lipinski definition) is 3. The Morgan fingerprint density at radius 2 is 1.75 bits per heavy atom. The zero-order valence-corrected chi connectivity index (χ0v) is 13.6. The number of halogens is 1. The van der Waals surface area contributed by atoms with Gasteiger partial charge in [-0.3, -0.25) is 9.59 Å². The van der Waals surface area contributed by atoms with Crippen molar-refractivity contribution in [1.82, 2.24) is 10.6 Å². The number of benzene rings is 2. The normalized spacial score (nSPS) is 11.5. The molecule has 2 aromatic rings. The topological polar surface area (TPSA) is 70.2 Å². The highest BCUT2D eigenvalue weighted by molar-refractivity contribution is 6.02. The average Bonchev–Trinajstić information content (AvgIpc) is 2.57. The summed E-state index contributed by atoms with van der Waals surface area (Å²) in [5, 5.41) is 8.40. The largest absolute Gasteiger partial charge is 0.355 e. The number of nitrogens with one attached hydrogen (secondary N) is 3. The Bertz CT molecular complexity index is 716. The van der Waals surface area contributed by atoms with Crippen LogP contribution >= 0.6 is 0 Å². The van der Waals surface area contributed by atoms with Gasteiger partial charge in [-0.1, -0.05) is 12.1 Å². The first-order valence-electron chi connectivity index (χ1n) is 7.71. The molecule has 126 valence electrons. The number of likely N-dealkylation sites (N-methyl/N-ethyl adjacent to an activating group) is 1. The first kappa shape index (κ1) is 17.5. The van der Waals surface area contributed by atoms with Crippen molar-refractivity contribution < 1.29 is 14.0 Å². The summed E-state index contributed by atoms with van der Waals surface area (Å²) in [7, 11) is 0. The molecule has 6 heteroatoms. The molecule has 1 atom stereocenters. The van der Waals surface area contributed by atoms with Crippen LogP contribution in [0.5, 0.6) is 0 Å². The minimum Gasteiger partial charge on any atom is -0.355 e. The second kappa shape index (κ2) is 8.10. The van der Waals surface area contributed by atoms with Crippen molar-refractivity contribution in [2.45, 2.75) is 19.9 Å². The van der Waals surface area contributed by atoms with E-state index in [2.05, 4.69) is 16.0 Å². The van der Waals surface area contributed by atoms with Gasteiger partial charge in [-0.05, 0) is 50.2 Å². The molecule has 0 heterocycles. The Kier molecular flexibility index (Phi) is 5.89. The maximum Gasteiger partial charge on any atom is 0.254 e. The molecule has 2 aromatic carbocycles. The minimum atomic E-state index is -0.642. The minimum absolute atomic E-state index is 0.241. The molecular weight excluding hydrogens is 309 g/mol. The van der Waals surface area contributed by atoms with Gasteiger partial charge in [-0.2, -0.15) is 0 Å². The molecule has 0 spiro atoms. The maximum absolute atomic E-state index is 13.0. The summed E-state index contributed by atoms with van der Waals surface area (Å²) in [5.41, 5.74) is 1.64. The third-order valence-electron chi connectivity index (χ3n) is 3.39. The fourth-order valence-electron chi connectivity index (χ4n) is 2.15. The van der Waals surface area contributed by atoms with E-state index < -0.39 is 6.04 Å². The van der Waals surface area contributed by atoms with Gasteiger partial charge in [0.2, 0.25) is 5.91 Å². The Morgan fingerprint density at radius 3 is 2.42 bits per heavy atom. The predicted molar refractivity (Wildman–Crippen MR) is 91.7 cm³/mol. The van der Waals surface area contributed by atoms with Gasteiger partial charge in [0, 0.05) is 12.2 Å². The molecule has 0 radical (unpaired) electrons. The summed E-state index contributed by atoms with van der Waals surface area (Å²) in [6.07, 6.45) is 0. The summed E-state index contributed by atoms with van der Waals surface area (Å²) in [5.74, 6) is -0.934. The van der Waals surface area contributed by atoms with Crippen LogP contribution in [0.25, 0.3) is 0 Å². The van der Waals surface area contributed by atoms with E-state index in [9.17, 15) is 14.0 Å². The van der Waals surface area contributed by atoms with Crippen molar-refractivity contribution in [2.75, 3.05) is 11.9 Å². The first-order chi connectivity index (χ1) is 11.5. The number of carbonyl (C=O) groups excluding carboxylic acids is 2. The third-order valence-corrected chi connectivity index (χ3v) is 3.39. The number of para-hydroxylation sites is 1. The Balaban J connectivity index is 2.14. The number of anilines is 2. The lowest BCUT2D eigenvalue weighted by Gasteiger charge is -2.16. The van der Waals surface area contributed by atoms with E-state index in [-0.39, 0.29) is 17.6 Å². The fraction of sp³-hybridized carbons (Fsp3) is 0.222. The molecule has 0 aromatic heterocycles. The number of amides is 2. The van der Waals surface area contributed by atoms with Crippen LogP contribution in [-0.4, -0.2) is 24.4 Å². The van der Waals surface area contributed by atoms with E-state index in [1.54, 1.807) is 43.3 Å². The number of rotatable bonds is 6. The van der Waals surface area contributed by atoms with Gasteiger partial charge in [0.05, 0.1) is 11.3 Å². The van der Waals surface area contributed by atoms with E-state index in [0.29, 0.717) is 23.5 Å². The van der Waals surface area contributed by atoms with Crippen molar-refractivity contribution in [3.8, 4) is 0 Å². The van der Waals surface area contributed by atoms with E-state index in [4.69, 9.17) is 0 Å². The molecule has 2 amide bonds. The first-order valence-corrected chi connectivity index (χ1v) is 7.71. The highest BCUT2D eigenvalue weighted by Crippen LogP contribution is 2.21. The van der Waals surface area contributed by atoms with Gasteiger partial charge in [0.1, 0.15) is 11.9 Å². The molecule has 24 heavy (non-hydrogen) atoms. The lowest BCUT2D eigenvalue weighted by molar-refractivity contribution is -0.122. The summed E-state index contributed by atoms with van der Waals surface area (Å²) in [6, 6.07) is 12.1. The van der Waals surface area contributed by atoms with Crippen LogP contribution in [0.2, 0.25) is 0 Å².